The molecule has 0 saturated heterocycles. The van der Waals surface area contributed by atoms with E-state index in [9.17, 15) is 9.18 Å². The molecule has 0 saturated carbocycles. The molecule has 4 rings (SSSR count). The van der Waals surface area contributed by atoms with Crippen LogP contribution in [-0.4, -0.2) is 30.9 Å². The molecule has 1 N–H and O–H groups in total. The van der Waals surface area contributed by atoms with Gasteiger partial charge in [-0.3, -0.25) is 4.79 Å². The molecule has 0 radical (unpaired) electrons. The molecule has 0 spiro atoms. The van der Waals surface area contributed by atoms with Crippen LogP contribution in [0.2, 0.25) is 0 Å². The largest absolute Gasteiger partial charge is 0.349 e. The third-order valence-corrected chi connectivity index (χ3v) is 5.66. The molecule has 30 heavy (non-hydrogen) atoms. The topological polar surface area (TPSA) is 32.3 Å². The third kappa shape index (κ3) is 4.77. The molecule has 1 aliphatic rings. The van der Waals surface area contributed by atoms with Crippen molar-refractivity contribution in [1.82, 2.24) is 10.2 Å². The maximum Gasteiger partial charge on any atom is 0.251 e. The summed E-state index contributed by atoms with van der Waals surface area (Å²) in [6.07, 6.45) is 2.82. The highest BCUT2D eigenvalue weighted by Gasteiger charge is 2.21. The number of benzene rings is 3. The van der Waals surface area contributed by atoms with Crippen molar-refractivity contribution in [3.63, 3.8) is 0 Å². The van der Waals surface area contributed by atoms with Crippen molar-refractivity contribution < 1.29 is 9.18 Å². The molecule has 1 amide bonds. The molecule has 3 aromatic rings. The monoisotopic (exact) mass is 402 g/mol. The fourth-order valence-corrected chi connectivity index (χ4v) is 4.12. The minimum Gasteiger partial charge on any atom is -0.349 e. The molecule has 154 valence electrons. The van der Waals surface area contributed by atoms with Crippen molar-refractivity contribution in [1.29, 1.82) is 0 Å². The molecule has 3 nitrogen and oxygen atoms in total. The second-order valence-electron chi connectivity index (χ2n) is 8.34. The predicted molar refractivity (Wildman–Crippen MR) is 119 cm³/mol. The summed E-state index contributed by atoms with van der Waals surface area (Å²) in [7, 11) is 4.16. The summed E-state index contributed by atoms with van der Waals surface area (Å²) in [6, 6.07) is 20.7. The second-order valence-corrected chi connectivity index (χ2v) is 8.34. The van der Waals surface area contributed by atoms with Crippen molar-refractivity contribution in [2.75, 3.05) is 14.1 Å². The maximum atomic E-state index is 13.1. The summed E-state index contributed by atoms with van der Waals surface area (Å²) in [5, 5.41) is 3.19. The highest BCUT2D eigenvalue weighted by molar-refractivity contribution is 5.94. The first-order valence-electron chi connectivity index (χ1n) is 10.4. The van der Waals surface area contributed by atoms with E-state index >= 15 is 0 Å². The Labute approximate surface area is 177 Å². The first kappa shape index (κ1) is 20.3. The van der Waals surface area contributed by atoms with Gasteiger partial charge in [0.2, 0.25) is 0 Å². The van der Waals surface area contributed by atoms with Crippen LogP contribution in [0, 0.1) is 5.82 Å². The van der Waals surface area contributed by atoms with Crippen molar-refractivity contribution in [2.24, 2.45) is 0 Å². The number of carbonyl (C=O) groups is 1. The summed E-state index contributed by atoms with van der Waals surface area (Å²) < 4.78 is 13.1. The van der Waals surface area contributed by atoms with E-state index in [0.717, 1.165) is 36.9 Å². The van der Waals surface area contributed by atoms with Crippen LogP contribution in [0.3, 0.4) is 0 Å². The van der Waals surface area contributed by atoms with Gasteiger partial charge in [0.15, 0.2) is 0 Å². The Morgan fingerprint density at radius 2 is 1.63 bits per heavy atom. The third-order valence-electron chi connectivity index (χ3n) is 5.66. The average Bonchev–Trinajstić information content (AvgIpc) is 2.74. The normalized spacial score (nSPS) is 15.7. The van der Waals surface area contributed by atoms with Gasteiger partial charge in [-0.05, 0) is 85.4 Å². The van der Waals surface area contributed by atoms with E-state index in [2.05, 4.69) is 42.5 Å². The number of fused-ring (bicyclic) bond motifs is 1. The average molecular weight is 403 g/mol. The molecular formula is C26H27FN2O. The molecular weight excluding hydrogens is 375 g/mol. The SMILES string of the molecule is CN(C)Cc1ccc2c(c1)CCC(NC(=O)c1ccc(-c3ccc(F)cc3)cc1)C2. The smallest absolute Gasteiger partial charge is 0.251 e. The van der Waals surface area contributed by atoms with E-state index in [-0.39, 0.29) is 17.8 Å². The molecule has 3 aromatic carbocycles. The second kappa shape index (κ2) is 8.80. The number of amides is 1. The van der Waals surface area contributed by atoms with E-state index < -0.39 is 0 Å². The van der Waals surface area contributed by atoms with Crippen LogP contribution in [0.15, 0.2) is 66.7 Å². The van der Waals surface area contributed by atoms with Crippen LogP contribution < -0.4 is 5.32 Å². The summed E-state index contributed by atoms with van der Waals surface area (Å²) in [5.41, 5.74) is 6.62. The summed E-state index contributed by atoms with van der Waals surface area (Å²) in [4.78, 5) is 14.9. The quantitative estimate of drug-likeness (QED) is 0.662. The van der Waals surface area contributed by atoms with Gasteiger partial charge in [0, 0.05) is 18.2 Å². The van der Waals surface area contributed by atoms with Crippen LogP contribution >= 0.6 is 0 Å². The Morgan fingerprint density at radius 1 is 0.967 bits per heavy atom. The van der Waals surface area contributed by atoms with Crippen LogP contribution in [0.1, 0.15) is 33.5 Å². The molecule has 4 heteroatoms. The predicted octanol–water partition coefficient (Wildman–Crippen LogP) is 4.84. The fraction of sp³-hybridized carbons (Fsp3) is 0.269. The highest BCUT2D eigenvalue weighted by atomic mass is 19.1. The first-order valence-corrected chi connectivity index (χ1v) is 10.4. The van der Waals surface area contributed by atoms with Gasteiger partial charge >= 0.3 is 0 Å². The van der Waals surface area contributed by atoms with Gasteiger partial charge < -0.3 is 10.2 Å². The number of nitrogens with one attached hydrogen (secondary N) is 1. The number of hydrogen-bond acceptors (Lipinski definition) is 2. The lowest BCUT2D eigenvalue weighted by molar-refractivity contribution is 0.0933. The molecule has 0 bridgehead atoms. The number of hydrogen-bond donors (Lipinski definition) is 1. The van der Waals surface area contributed by atoms with Gasteiger partial charge in [-0.15, -0.1) is 0 Å². The number of rotatable bonds is 5. The highest BCUT2D eigenvalue weighted by Crippen LogP contribution is 2.24. The van der Waals surface area contributed by atoms with E-state index in [1.165, 1.54) is 28.8 Å². The van der Waals surface area contributed by atoms with Gasteiger partial charge in [0.25, 0.3) is 5.91 Å². The number of nitrogens with zero attached hydrogens (tertiary/aromatic N) is 1. The van der Waals surface area contributed by atoms with Gasteiger partial charge in [-0.1, -0.05) is 42.5 Å². The van der Waals surface area contributed by atoms with Crippen LogP contribution in [0.4, 0.5) is 4.39 Å². The zero-order valence-electron chi connectivity index (χ0n) is 17.5. The lowest BCUT2D eigenvalue weighted by Crippen LogP contribution is -2.38. The first-order chi connectivity index (χ1) is 14.5. The van der Waals surface area contributed by atoms with Gasteiger partial charge in [-0.2, -0.15) is 0 Å². The molecule has 0 fully saturated rings. The Hall–Kier alpha value is -2.98. The molecule has 1 atom stereocenters. The summed E-state index contributed by atoms with van der Waals surface area (Å²) in [5.74, 6) is -0.295. The van der Waals surface area contributed by atoms with E-state index in [1.54, 1.807) is 12.1 Å². The minimum absolute atomic E-state index is 0.0432. The Morgan fingerprint density at radius 3 is 2.30 bits per heavy atom. The number of halogens is 1. The van der Waals surface area contributed by atoms with Gasteiger partial charge in [0.05, 0.1) is 0 Å². The Balaban J connectivity index is 1.39. The number of aryl methyl sites for hydroxylation is 1. The van der Waals surface area contributed by atoms with Crippen molar-refractivity contribution in [3.8, 4) is 11.1 Å². The van der Waals surface area contributed by atoms with E-state index in [0.29, 0.717) is 5.56 Å². The Kier molecular flexibility index (Phi) is 5.96. The molecule has 0 aromatic heterocycles. The molecule has 1 unspecified atom stereocenters. The van der Waals surface area contributed by atoms with Crippen LogP contribution in [-0.2, 0) is 19.4 Å². The lowest BCUT2D eigenvalue weighted by atomic mass is 9.87. The maximum absolute atomic E-state index is 13.1. The summed E-state index contributed by atoms with van der Waals surface area (Å²) in [6.45, 7) is 0.946. The molecule has 0 heterocycles. The van der Waals surface area contributed by atoms with Crippen LogP contribution in [0.5, 0.6) is 0 Å². The Bertz CT molecular complexity index is 1030. The molecule has 1 aliphatic carbocycles. The summed E-state index contributed by atoms with van der Waals surface area (Å²) >= 11 is 0. The lowest BCUT2D eigenvalue weighted by Gasteiger charge is -2.26. The van der Waals surface area contributed by atoms with Crippen molar-refractivity contribution >= 4 is 5.91 Å². The zero-order chi connectivity index (χ0) is 21.1. The van der Waals surface area contributed by atoms with Gasteiger partial charge in [-0.25, -0.2) is 4.39 Å². The van der Waals surface area contributed by atoms with Crippen molar-refractivity contribution in [3.05, 3.63) is 94.8 Å². The van der Waals surface area contributed by atoms with E-state index in [4.69, 9.17) is 0 Å². The number of carbonyl (C=O) groups excluding carboxylic acids is 1. The molecule has 0 aliphatic heterocycles. The van der Waals surface area contributed by atoms with Gasteiger partial charge in [0.1, 0.15) is 5.82 Å². The fourth-order valence-electron chi connectivity index (χ4n) is 4.12. The van der Waals surface area contributed by atoms with Crippen molar-refractivity contribution in [2.45, 2.75) is 31.8 Å². The van der Waals surface area contributed by atoms with Crippen LogP contribution in [0.25, 0.3) is 11.1 Å². The van der Waals surface area contributed by atoms with E-state index in [1.807, 2.05) is 24.3 Å². The minimum atomic E-state index is -0.252. The zero-order valence-corrected chi connectivity index (χ0v) is 17.5. The standard InChI is InChI=1S/C26H27FN2O/c1-29(2)17-18-3-4-23-16-25(14-11-22(23)15-18)28-26(30)21-7-5-19(6-8-21)20-9-12-24(27)13-10-20/h3-10,12-13,15,25H,11,14,16-17H2,1-2H3,(H,28,30).